The Hall–Kier alpha value is -4.19. The number of carbonyl (C=O) groups is 4. The van der Waals surface area contributed by atoms with Crippen LogP contribution in [0.5, 0.6) is 0 Å². The van der Waals surface area contributed by atoms with E-state index in [2.05, 4.69) is 30.9 Å². The second-order valence-corrected chi connectivity index (χ2v) is 8.86. The highest BCUT2D eigenvalue weighted by Crippen LogP contribution is 2.19. The average Bonchev–Trinajstić information content (AvgIpc) is 3.50. The predicted molar refractivity (Wildman–Crippen MR) is 132 cm³/mol. The van der Waals surface area contributed by atoms with Gasteiger partial charge in [0.15, 0.2) is 0 Å². The number of nitrogens with two attached hydrogens (primary N) is 1. The Bertz CT molecular complexity index is 1200. The molecule has 3 rings (SSSR count). The normalized spacial score (nSPS) is 13.7. The van der Waals surface area contributed by atoms with Gasteiger partial charge < -0.3 is 36.8 Å². The van der Waals surface area contributed by atoms with E-state index in [4.69, 9.17) is 5.73 Å². The van der Waals surface area contributed by atoms with E-state index >= 15 is 0 Å². The number of nitrogens with one attached hydrogen (secondary N) is 5. The monoisotopic (exact) mass is 497 g/mol. The van der Waals surface area contributed by atoms with Crippen LogP contribution >= 0.6 is 0 Å². The Morgan fingerprint density at radius 2 is 1.81 bits per heavy atom. The summed E-state index contributed by atoms with van der Waals surface area (Å²) in [4.78, 5) is 59.2. The van der Waals surface area contributed by atoms with Crippen LogP contribution in [-0.4, -0.2) is 68.4 Å². The summed E-state index contributed by atoms with van der Waals surface area (Å²) in [5.74, 6) is -3.25. The maximum atomic E-state index is 12.7. The second-order valence-electron chi connectivity index (χ2n) is 8.86. The van der Waals surface area contributed by atoms with Crippen LogP contribution in [0.1, 0.15) is 25.1 Å². The molecule has 0 radical (unpaired) electrons. The number of carbonyl (C=O) groups excluding carboxylic acids is 3. The Labute approximate surface area is 207 Å². The standard InChI is InChI=1S/C24H31N7O5/c1-13(2)21(31-22(33)17(25)8-15-10-26-12-29-15)23(34)28-11-20(32)30-19(24(35)36)7-14-9-27-18-6-4-3-5-16(14)18/h3-6,9-10,12-13,17,19,21,27H,7-8,11,25H2,1-2H3,(H,26,29)(H,28,34)(H,30,32)(H,31,33)(H,35,36). The number of carboxylic acid groups (broad SMARTS) is 1. The zero-order valence-corrected chi connectivity index (χ0v) is 20.1. The van der Waals surface area contributed by atoms with Crippen molar-refractivity contribution in [3.8, 4) is 0 Å². The lowest BCUT2D eigenvalue weighted by Gasteiger charge is -2.23. The van der Waals surface area contributed by atoms with Gasteiger partial charge in [0, 0.05) is 41.8 Å². The number of benzene rings is 1. The number of imidazole rings is 1. The molecule has 192 valence electrons. The first-order valence-corrected chi connectivity index (χ1v) is 11.5. The molecule has 2 aromatic heterocycles. The quantitative estimate of drug-likeness (QED) is 0.180. The smallest absolute Gasteiger partial charge is 0.326 e. The van der Waals surface area contributed by atoms with Crippen molar-refractivity contribution in [1.29, 1.82) is 0 Å². The van der Waals surface area contributed by atoms with Gasteiger partial charge in [0.1, 0.15) is 12.1 Å². The molecule has 0 fully saturated rings. The van der Waals surface area contributed by atoms with Crippen molar-refractivity contribution < 1.29 is 24.3 Å². The van der Waals surface area contributed by atoms with E-state index in [0.717, 1.165) is 16.5 Å². The zero-order valence-electron chi connectivity index (χ0n) is 20.1. The molecule has 3 unspecified atom stereocenters. The van der Waals surface area contributed by atoms with Crippen molar-refractivity contribution in [1.82, 2.24) is 30.9 Å². The van der Waals surface area contributed by atoms with Gasteiger partial charge >= 0.3 is 5.97 Å². The molecule has 0 saturated carbocycles. The number of aliphatic carboxylic acids is 1. The Balaban J connectivity index is 1.53. The summed E-state index contributed by atoms with van der Waals surface area (Å²) in [5, 5.41) is 18.0. The van der Waals surface area contributed by atoms with Crippen LogP contribution in [0, 0.1) is 5.92 Å². The summed E-state index contributed by atoms with van der Waals surface area (Å²) >= 11 is 0. The van der Waals surface area contributed by atoms with Crippen molar-refractivity contribution in [2.45, 2.75) is 44.8 Å². The molecule has 3 amide bonds. The van der Waals surface area contributed by atoms with Gasteiger partial charge in [0.2, 0.25) is 17.7 Å². The molecule has 0 spiro atoms. The van der Waals surface area contributed by atoms with Crippen LogP contribution < -0.4 is 21.7 Å². The van der Waals surface area contributed by atoms with Gasteiger partial charge in [0.25, 0.3) is 0 Å². The van der Waals surface area contributed by atoms with Crippen molar-refractivity contribution in [2.24, 2.45) is 11.7 Å². The van der Waals surface area contributed by atoms with E-state index in [0.29, 0.717) is 5.69 Å². The third-order valence-electron chi connectivity index (χ3n) is 5.73. The van der Waals surface area contributed by atoms with E-state index in [9.17, 15) is 24.3 Å². The molecule has 0 aliphatic carbocycles. The topological polar surface area (TPSA) is 195 Å². The molecule has 12 nitrogen and oxygen atoms in total. The molecule has 3 aromatic rings. The van der Waals surface area contributed by atoms with Crippen LogP contribution in [0.15, 0.2) is 43.0 Å². The number of hydrogen-bond donors (Lipinski definition) is 7. The Kier molecular flexibility index (Phi) is 8.79. The fourth-order valence-electron chi connectivity index (χ4n) is 3.76. The third-order valence-corrected chi connectivity index (χ3v) is 5.73. The van der Waals surface area contributed by atoms with E-state index in [-0.39, 0.29) is 18.8 Å². The van der Waals surface area contributed by atoms with Crippen LogP contribution in [0.2, 0.25) is 0 Å². The first kappa shape index (κ1) is 26.4. The summed E-state index contributed by atoms with van der Waals surface area (Å²) < 4.78 is 0. The van der Waals surface area contributed by atoms with Crippen LogP contribution in [0.25, 0.3) is 10.9 Å². The molecule has 8 N–H and O–H groups in total. The zero-order chi connectivity index (χ0) is 26.2. The fourth-order valence-corrected chi connectivity index (χ4v) is 3.76. The molecule has 1 aromatic carbocycles. The summed E-state index contributed by atoms with van der Waals surface area (Å²) in [7, 11) is 0. The van der Waals surface area contributed by atoms with E-state index in [1.807, 2.05) is 24.3 Å². The first-order valence-electron chi connectivity index (χ1n) is 11.5. The SMILES string of the molecule is CC(C)C(NC(=O)C(N)Cc1cnc[nH]1)C(=O)NCC(=O)NC(Cc1c[nH]c2ccccc12)C(=O)O. The summed E-state index contributed by atoms with van der Waals surface area (Å²) in [5.41, 5.74) is 8.23. The van der Waals surface area contributed by atoms with Crippen molar-refractivity contribution in [3.05, 3.63) is 54.2 Å². The molecule has 0 saturated heterocycles. The highest BCUT2D eigenvalue weighted by molar-refractivity contribution is 5.93. The van der Waals surface area contributed by atoms with Crippen molar-refractivity contribution in [3.63, 3.8) is 0 Å². The number of para-hydroxylation sites is 1. The molecule has 12 heteroatoms. The third kappa shape index (κ3) is 6.92. The number of amides is 3. The van der Waals surface area contributed by atoms with Gasteiger partial charge in [-0.1, -0.05) is 32.0 Å². The number of fused-ring (bicyclic) bond motifs is 1. The average molecular weight is 498 g/mol. The number of carboxylic acids is 1. The molecular weight excluding hydrogens is 466 g/mol. The molecule has 0 aliphatic rings. The van der Waals surface area contributed by atoms with Gasteiger partial charge in [0.05, 0.1) is 18.9 Å². The number of H-pyrrole nitrogens is 2. The summed E-state index contributed by atoms with van der Waals surface area (Å²) in [6.45, 7) is 3.04. The van der Waals surface area contributed by atoms with Crippen LogP contribution in [0.3, 0.4) is 0 Å². The van der Waals surface area contributed by atoms with Gasteiger partial charge in [-0.25, -0.2) is 9.78 Å². The lowest BCUT2D eigenvalue weighted by atomic mass is 10.0. The molecule has 0 aliphatic heterocycles. The van der Waals surface area contributed by atoms with E-state index < -0.39 is 48.4 Å². The molecular formula is C24H31N7O5. The number of aromatic nitrogens is 3. The molecule has 36 heavy (non-hydrogen) atoms. The van der Waals surface area contributed by atoms with Gasteiger partial charge in [-0.15, -0.1) is 0 Å². The minimum absolute atomic E-state index is 0.0674. The second kappa shape index (κ2) is 12.0. The van der Waals surface area contributed by atoms with E-state index in [1.165, 1.54) is 6.33 Å². The summed E-state index contributed by atoms with van der Waals surface area (Å²) in [6, 6.07) is 4.43. The van der Waals surface area contributed by atoms with Crippen molar-refractivity contribution in [2.75, 3.05) is 6.54 Å². The van der Waals surface area contributed by atoms with Crippen LogP contribution in [-0.2, 0) is 32.0 Å². The minimum atomic E-state index is -1.20. The summed E-state index contributed by atoms with van der Waals surface area (Å²) in [6.07, 6.45) is 5.03. The van der Waals surface area contributed by atoms with Gasteiger partial charge in [-0.2, -0.15) is 0 Å². The number of hydrogen-bond acceptors (Lipinski definition) is 6. The Morgan fingerprint density at radius 3 is 2.47 bits per heavy atom. The number of nitrogens with zero attached hydrogens (tertiary/aromatic N) is 1. The van der Waals surface area contributed by atoms with Gasteiger partial charge in [-0.05, 0) is 17.5 Å². The lowest BCUT2D eigenvalue weighted by molar-refractivity contribution is -0.141. The van der Waals surface area contributed by atoms with Crippen LogP contribution in [0.4, 0.5) is 0 Å². The molecule has 3 atom stereocenters. The predicted octanol–water partition coefficient (Wildman–Crippen LogP) is -0.170. The maximum Gasteiger partial charge on any atom is 0.326 e. The lowest BCUT2D eigenvalue weighted by Crippen LogP contribution is -2.55. The fraction of sp³-hybridized carbons (Fsp3) is 0.375. The number of rotatable bonds is 12. The Morgan fingerprint density at radius 1 is 1.06 bits per heavy atom. The first-order chi connectivity index (χ1) is 17.2. The maximum absolute atomic E-state index is 12.7. The number of aromatic amines is 2. The highest BCUT2D eigenvalue weighted by Gasteiger charge is 2.28. The van der Waals surface area contributed by atoms with E-state index in [1.54, 1.807) is 26.2 Å². The highest BCUT2D eigenvalue weighted by atomic mass is 16.4. The van der Waals surface area contributed by atoms with Gasteiger partial charge in [-0.3, -0.25) is 14.4 Å². The van der Waals surface area contributed by atoms with Crippen molar-refractivity contribution >= 4 is 34.6 Å². The molecule has 2 heterocycles. The molecule has 0 bridgehead atoms. The largest absolute Gasteiger partial charge is 0.480 e. The minimum Gasteiger partial charge on any atom is -0.480 e.